The van der Waals surface area contributed by atoms with Crippen molar-refractivity contribution in [2.24, 2.45) is 0 Å². The number of nitrogens with one attached hydrogen (secondary N) is 2. The summed E-state index contributed by atoms with van der Waals surface area (Å²) in [5.41, 5.74) is -0.518. The van der Waals surface area contributed by atoms with Crippen molar-refractivity contribution in [1.82, 2.24) is 10.6 Å². The standard InChI is InChI=1S/C10H20N2O3/c1-8(11-6-5-7-13)12-9(14)15-10(2,3)4/h11,13H,1,5-7H2,2-4H3,(H,12,14). The highest BCUT2D eigenvalue weighted by atomic mass is 16.6. The predicted molar refractivity (Wildman–Crippen MR) is 58.2 cm³/mol. The highest BCUT2D eigenvalue weighted by molar-refractivity contribution is 5.69. The van der Waals surface area contributed by atoms with Gasteiger partial charge in [0, 0.05) is 13.2 Å². The third-order valence-corrected chi connectivity index (χ3v) is 1.33. The second kappa shape index (κ2) is 6.29. The molecule has 5 nitrogen and oxygen atoms in total. The van der Waals surface area contributed by atoms with Gasteiger partial charge in [0.1, 0.15) is 11.4 Å². The number of hydrogen-bond donors (Lipinski definition) is 3. The highest BCUT2D eigenvalue weighted by Gasteiger charge is 2.16. The van der Waals surface area contributed by atoms with Crippen molar-refractivity contribution in [3.05, 3.63) is 12.4 Å². The van der Waals surface area contributed by atoms with Gasteiger partial charge in [-0.05, 0) is 27.2 Å². The average Bonchev–Trinajstić information content (AvgIpc) is 2.00. The Kier molecular flexibility index (Phi) is 5.77. The summed E-state index contributed by atoms with van der Waals surface area (Å²) in [6, 6.07) is 0. The normalized spacial score (nSPS) is 10.7. The van der Waals surface area contributed by atoms with Gasteiger partial charge in [-0.25, -0.2) is 4.79 Å². The molecule has 0 unspecified atom stereocenters. The number of aliphatic hydroxyl groups excluding tert-OH is 1. The Bertz CT molecular complexity index is 221. The molecule has 0 saturated heterocycles. The van der Waals surface area contributed by atoms with Crippen molar-refractivity contribution in [1.29, 1.82) is 0 Å². The third kappa shape index (κ3) is 9.08. The maximum Gasteiger partial charge on any atom is 0.413 e. The lowest BCUT2D eigenvalue weighted by Gasteiger charge is -2.20. The van der Waals surface area contributed by atoms with Crippen molar-refractivity contribution in [3.8, 4) is 0 Å². The molecule has 88 valence electrons. The Hall–Kier alpha value is -1.23. The molecule has 0 aromatic rings. The summed E-state index contributed by atoms with van der Waals surface area (Å²) in [6.07, 6.45) is 0.0682. The summed E-state index contributed by atoms with van der Waals surface area (Å²) in [5, 5.41) is 13.8. The van der Waals surface area contributed by atoms with E-state index in [9.17, 15) is 4.79 Å². The van der Waals surface area contributed by atoms with Crippen molar-refractivity contribution in [2.45, 2.75) is 32.8 Å². The quantitative estimate of drug-likeness (QED) is 0.598. The van der Waals surface area contributed by atoms with Gasteiger partial charge in [0.2, 0.25) is 0 Å². The highest BCUT2D eigenvalue weighted by Crippen LogP contribution is 2.06. The smallest absolute Gasteiger partial charge is 0.413 e. The Morgan fingerprint density at radius 1 is 1.47 bits per heavy atom. The van der Waals surface area contributed by atoms with Crippen LogP contribution < -0.4 is 10.6 Å². The van der Waals surface area contributed by atoms with E-state index in [1.165, 1.54) is 0 Å². The van der Waals surface area contributed by atoms with Crippen LogP contribution >= 0.6 is 0 Å². The zero-order valence-electron chi connectivity index (χ0n) is 9.59. The topological polar surface area (TPSA) is 70.6 Å². The molecule has 0 bridgehead atoms. The van der Waals surface area contributed by atoms with Crippen LogP contribution in [0.2, 0.25) is 0 Å². The number of rotatable bonds is 5. The van der Waals surface area contributed by atoms with Crippen LogP contribution in [0.5, 0.6) is 0 Å². The van der Waals surface area contributed by atoms with E-state index in [2.05, 4.69) is 17.2 Å². The van der Waals surface area contributed by atoms with Crippen LogP contribution in [0.15, 0.2) is 12.4 Å². The van der Waals surface area contributed by atoms with Gasteiger partial charge in [0.25, 0.3) is 0 Å². The average molecular weight is 216 g/mol. The Labute approximate surface area is 90.5 Å². The zero-order chi connectivity index (χ0) is 11.9. The molecule has 0 aromatic heterocycles. The van der Waals surface area contributed by atoms with E-state index in [1.54, 1.807) is 20.8 Å². The van der Waals surface area contributed by atoms with Crippen molar-refractivity contribution < 1.29 is 14.6 Å². The molecule has 1 amide bonds. The van der Waals surface area contributed by atoms with Crippen molar-refractivity contribution in [2.75, 3.05) is 13.2 Å². The fourth-order valence-electron chi connectivity index (χ4n) is 0.789. The minimum absolute atomic E-state index is 0.104. The van der Waals surface area contributed by atoms with E-state index in [4.69, 9.17) is 9.84 Å². The van der Waals surface area contributed by atoms with Gasteiger partial charge in [-0.15, -0.1) is 0 Å². The number of hydrogen-bond acceptors (Lipinski definition) is 4. The van der Waals surface area contributed by atoms with Crippen LogP contribution in [0, 0.1) is 0 Å². The largest absolute Gasteiger partial charge is 0.444 e. The molecule has 0 aliphatic rings. The molecule has 0 spiro atoms. The first-order chi connectivity index (χ1) is 6.85. The minimum Gasteiger partial charge on any atom is -0.444 e. The van der Waals surface area contributed by atoms with Gasteiger partial charge in [0.05, 0.1) is 0 Å². The third-order valence-electron chi connectivity index (χ3n) is 1.33. The molecule has 0 radical (unpaired) electrons. The first-order valence-electron chi connectivity index (χ1n) is 4.89. The summed E-state index contributed by atoms with van der Waals surface area (Å²) >= 11 is 0. The van der Waals surface area contributed by atoms with Crippen LogP contribution in [-0.2, 0) is 4.74 Å². The number of ether oxygens (including phenoxy) is 1. The van der Waals surface area contributed by atoms with Crippen molar-refractivity contribution in [3.63, 3.8) is 0 Å². The zero-order valence-corrected chi connectivity index (χ0v) is 9.59. The van der Waals surface area contributed by atoms with Crippen molar-refractivity contribution >= 4 is 6.09 Å². The summed E-state index contributed by atoms with van der Waals surface area (Å²) in [6.45, 7) is 9.62. The van der Waals surface area contributed by atoms with Crippen LogP contribution in [-0.4, -0.2) is 30.0 Å². The molecule has 15 heavy (non-hydrogen) atoms. The predicted octanol–water partition coefficient (Wildman–Crippen LogP) is 0.954. The molecular formula is C10H20N2O3. The summed E-state index contributed by atoms with van der Waals surface area (Å²) in [4.78, 5) is 11.2. The number of aliphatic hydroxyl groups is 1. The van der Waals surface area contributed by atoms with Crippen LogP contribution in [0.4, 0.5) is 4.79 Å². The maximum atomic E-state index is 11.2. The second-order valence-corrected chi connectivity index (χ2v) is 4.11. The van der Waals surface area contributed by atoms with Gasteiger partial charge >= 0.3 is 6.09 Å². The molecule has 0 heterocycles. The number of carbonyl (C=O) groups excluding carboxylic acids is 1. The van der Waals surface area contributed by atoms with Gasteiger partial charge in [-0.1, -0.05) is 6.58 Å². The Morgan fingerprint density at radius 2 is 2.07 bits per heavy atom. The number of alkyl carbamates (subject to hydrolysis) is 1. The molecule has 0 aliphatic carbocycles. The van der Waals surface area contributed by atoms with E-state index in [1.807, 2.05) is 0 Å². The first-order valence-corrected chi connectivity index (χ1v) is 4.89. The lowest BCUT2D eigenvalue weighted by molar-refractivity contribution is 0.0542. The van der Waals surface area contributed by atoms with E-state index in [-0.39, 0.29) is 6.61 Å². The minimum atomic E-state index is -0.538. The maximum absolute atomic E-state index is 11.2. The fraction of sp³-hybridized carbons (Fsp3) is 0.700. The SMILES string of the molecule is C=C(NCCCO)NC(=O)OC(C)(C)C. The summed E-state index contributed by atoms with van der Waals surface area (Å²) < 4.78 is 5.01. The van der Waals surface area contributed by atoms with Crippen LogP contribution in [0.1, 0.15) is 27.2 Å². The lowest BCUT2D eigenvalue weighted by atomic mass is 10.2. The van der Waals surface area contributed by atoms with Crippen LogP contribution in [0.25, 0.3) is 0 Å². The molecule has 0 saturated carbocycles. The van der Waals surface area contributed by atoms with Gasteiger partial charge in [0.15, 0.2) is 0 Å². The Morgan fingerprint density at radius 3 is 2.53 bits per heavy atom. The van der Waals surface area contributed by atoms with E-state index in [0.29, 0.717) is 18.8 Å². The number of carbonyl (C=O) groups is 1. The van der Waals surface area contributed by atoms with Gasteiger partial charge < -0.3 is 15.2 Å². The fourth-order valence-corrected chi connectivity index (χ4v) is 0.789. The lowest BCUT2D eigenvalue weighted by Crippen LogP contribution is -2.36. The number of amides is 1. The Balaban J connectivity index is 3.72. The molecular weight excluding hydrogens is 196 g/mol. The molecule has 0 rings (SSSR count). The van der Waals surface area contributed by atoms with E-state index in [0.717, 1.165) is 0 Å². The van der Waals surface area contributed by atoms with Gasteiger partial charge in [-0.2, -0.15) is 0 Å². The molecule has 0 aromatic carbocycles. The van der Waals surface area contributed by atoms with E-state index < -0.39 is 11.7 Å². The molecule has 0 aliphatic heterocycles. The monoisotopic (exact) mass is 216 g/mol. The molecule has 5 heteroatoms. The van der Waals surface area contributed by atoms with Gasteiger partial charge in [-0.3, -0.25) is 5.32 Å². The van der Waals surface area contributed by atoms with E-state index >= 15 is 0 Å². The van der Waals surface area contributed by atoms with Crippen LogP contribution in [0.3, 0.4) is 0 Å². The summed E-state index contributed by atoms with van der Waals surface area (Å²) in [5.74, 6) is 0.373. The summed E-state index contributed by atoms with van der Waals surface area (Å²) in [7, 11) is 0. The molecule has 0 fully saturated rings. The second-order valence-electron chi connectivity index (χ2n) is 4.11. The molecule has 0 atom stereocenters. The first kappa shape index (κ1) is 13.8. The molecule has 3 N–H and O–H groups in total.